The Bertz CT molecular complexity index is 3830. The van der Waals surface area contributed by atoms with E-state index in [0.717, 1.165) is 52.7 Å². The summed E-state index contributed by atoms with van der Waals surface area (Å²) in [5.41, 5.74) is 10.7. The van der Waals surface area contributed by atoms with Crippen LogP contribution in [0.3, 0.4) is 0 Å². The van der Waals surface area contributed by atoms with E-state index in [4.69, 9.17) is 105 Å². The Morgan fingerprint density at radius 3 is 1.29 bits per heavy atom. The van der Waals surface area contributed by atoms with E-state index in [0.29, 0.717) is 54.8 Å². The average Bonchev–Trinajstić information content (AvgIpc) is 1.58. The number of nitrogen functional groups attached to an aromatic ring is 1. The molecule has 0 saturated carbocycles. The van der Waals surface area contributed by atoms with Gasteiger partial charge >= 0.3 is 60.8 Å². The Labute approximate surface area is 638 Å². The van der Waals surface area contributed by atoms with Gasteiger partial charge in [0.05, 0.1) is 74.4 Å². The molecule has 9 aromatic rings. The van der Waals surface area contributed by atoms with Crippen LogP contribution in [-0.2, 0) is 97.3 Å². The number of aromatic nitrogens is 13. The SMILES string of the molecule is C.C/C=C(\CC)C(=O)OCC.CCC(=CNc1ccnn1C)CC.Cn1ncc2c(Cl)c(C(=O)Nc3ccc(Cl)cc3)cnc21.Cn1ncc2c(Cl)ccnc21.Cn1ncc2c(Cl)ccnc21.Cn1nccc1N.N.O=C=O.O=C=O.O=C=O.O=C=O.O=C=O.O=P(Cl)(Cl)Cl.[Ar].[Li+].[OH-]. The number of anilines is 3. The second kappa shape index (κ2) is 62.9. The molecule has 42 heteroatoms. The van der Waals surface area contributed by atoms with Crippen molar-refractivity contribution in [2.45, 2.75) is 61.3 Å². The van der Waals surface area contributed by atoms with Crippen LogP contribution in [-0.4, -0.2) is 119 Å². The van der Waals surface area contributed by atoms with Crippen molar-refractivity contribution < 1.29 is 129 Å². The van der Waals surface area contributed by atoms with Gasteiger partial charge in [-0.05, 0) is 109 Å². The Kier molecular flexibility index (Phi) is 68.4. The maximum Gasteiger partial charge on any atom is 1.00 e. The molecular weight excluding hydrogens is 1480 g/mol. The van der Waals surface area contributed by atoms with Crippen molar-refractivity contribution in [3.63, 3.8) is 0 Å². The van der Waals surface area contributed by atoms with Crippen molar-refractivity contribution in [1.82, 2.24) is 70.0 Å². The quantitative estimate of drug-likeness (QED) is 0.0454. The largest absolute Gasteiger partial charge is 1.00 e. The van der Waals surface area contributed by atoms with Gasteiger partial charge in [0.2, 0.25) is 0 Å². The van der Waals surface area contributed by atoms with E-state index < -0.39 is 5.20 Å². The monoisotopic (exact) mass is 1540 g/mol. The van der Waals surface area contributed by atoms with Crippen LogP contribution >= 0.6 is 85.3 Å². The fourth-order valence-corrected chi connectivity index (χ4v) is 6.98. The summed E-state index contributed by atoms with van der Waals surface area (Å²) < 4.78 is 22.7. The van der Waals surface area contributed by atoms with Crippen LogP contribution in [0.2, 0.25) is 20.1 Å². The van der Waals surface area contributed by atoms with Crippen LogP contribution in [0.5, 0.6) is 0 Å². The summed E-state index contributed by atoms with van der Waals surface area (Å²) in [5, 5.41) is 27.5. The molecule has 8 N–H and O–H groups in total. The van der Waals surface area contributed by atoms with Gasteiger partial charge < -0.3 is 32.7 Å². The first kappa shape index (κ1) is 106. The van der Waals surface area contributed by atoms with Crippen molar-refractivity contribution in [1.29, 1.82) is 0 Å². The molecule has 9 rings (SSSR count). The van der Waals surface area contributed by atoms with Gasteiger partial charge in [0.25, 0.3) is 5.91 Å². The molecule has 0 unspecified atom stereocenters. The van der Waals surface area contributed by atoms with Crippen molar-refractivity contribution in [2.24, 2.45) is 35.2 Å². The topological polar surface area (TPSA) is 474 Å². The van der Waals surface area contributed by atoms with Gasteiger partial charge in [0.15, 0.2) is 16.9 Å². The van der Waals surface area contributed by atoms with Gasteiger partial charge in [0, 0.05) is 120 Å². The third-order valence-electron chi connectivity index (χ3n) is 10.5. The van der Waals surface area contributed by atoms with Crippen LogP contribution in [0.15, 0.2) is 122 Å². The first-order valence-electron chi connectivity index (χ1n) is 25.6. The molecule has 98 heavy (non-hydrogen) atoms. The number of fused-ring (bicyclic) bond motifs is 3. The Balaban J connectivity index is -0.000000158. The zero-order valence-electron chi connectivity index (χ0n) is 53.4. The number of halogens is 7. The molecule has 0 aliphatic rings. The number of ether oxygens (including phenoxy) is 1. The fraction of sp³-hybridized carbons (Fsp3) is 0.268. The number of hydrogen-bond donors (Lipinski definition) is 4. The van der Waals surface area contributed by atoms with E-state index >= 15 is 0 Å². The molecule has 0 aliphatic heterocycles. The number of esters is 1. The summed E-state index contributed by atoms with van der Waals surface area (Å²) >= 11 is 37.7. The Hall–Kier alpha value is -7.54. The minimum Gasteiger partial charge on any atom is -0.870 e. The molecule has 32 nitrogen and oxygen atoms in total. The summed E-state index contributed by atoms with van der Waals surface area (Å²) in [7, 11) is 9.17. The van der Waals surface area contributed by atoms with Crippen LogP contribution in [0, 0.1) is 37.7 Å². The maximum atomic E-state index is 12.3. The van der Waals surface area contributed by atoms with Crippen molar-refractivity contribution in [3.8, 4) is 0 Å². The van der Waals surface area contributed by atoms with E-state index in [9.17, 15) is 14.2 Å². The predicted octanol–water partition coefficient (Wildman–Crippen LogP) is 8.73. The van der Waals surface area contributed by atoms with Gasteiger partial charge in [-0.15, -0.1) is 0 Å². The standard InChI is InChI=1S/C14H10Cl2N4O.C10H17N3.C8H14O2.2C7H6ClN3.C4H7N3.5CO2.CH4.Ar.Cl3OP.Li.H3N.H2O/c1-20-13-10(7-18-20)12(16)11(6-17-13)14(21)19-9-4-2-8(15)3-5-9;1-4-9(5-2)8-11-10-6-7-12-13(10)3;1-4-7(5-2)8(9)10-6-3;2*1-11-7-5(4-10-11)6(8)2-3-9-7;1-7-4(5)2-3-6-7;5*2-1-3;;;1-5(2,3)4;;;/h2-7H,1H3,(H,19,21);6-8,11H,4-5H2,1-3H3;4H,5-6H2,1-3H3;2*2-4H,1H3;2-3H,5H2,1H3;;;;;;1H4;;;;1H3;1H2/q;;;;;;;;;;;;;;+1;;/p-1/b;;7-4+;;;;;;;;;;;;;;. The molecule has 0 bridgehead atoms. The number of nitrogens with two attached hydrogens (primary N) is 1. The molecule has 1 amide bonds. The van der Waals surface area contributed by atoms with Gasteiger partial charge in [-0.3, -0.25) is 32.8 Å². The molecule has 0 radical (unpaired) electrons. The number of nitrogens with one attached hydrogen (secondary N) is 2. The summed E-state index contributed by atoms with van der Waals surface area (Å²) in [4.78, 5) is 117. The van der Waals surface area contributed by atoms with E-state index in [1.54, 1.807) is 132 Å². The fourth-order valence-electron chi connectivity index (χ4n) is 6.21. The predicted molar refractivity (Wildman–Crippen MR) is 358 cm³/mol. The minimum atomic E-state index is -3.22. The van der Waals surface area contributed by atoms with Crippen LogP contribution in [0.25, 0.3) is 33.1 Å². The van der Waals surface area contributed by atoms with Crippen LogP contribution < -0.4 is 41.4 Å². The third kappa shape index (κ3) is 45.1. The van der Waals surface area contributed by atoms with Gasteiger partial charge in [-0.25, -0.2) is 19.7 Å². The molecule has 0 atom stereocenters. The Morgan fingerprint density at radius 2 is 0.969 bits per heavy atom. The van der Waals surface area contributed by atoms with Gasteiger partial charge in [-0.1, -0.05) is 86.3 Å². The number of rotatable bonds is 9. The molecule has 0 spiro atoms. The second-order valence-corrected chi connectivity index (χ2v) is 24.4. The van der Waals surface area contributed by atoms with Crippen LogP contribution in [0.1, 0.15) is 71.7 Å². The first-order valence-corrected chi connectivity index (χ1v) is 31.5. The zero-order chi connectivity index (χ0) is 71.6. The molecule has 1 aromatic carbocycles. The molecule has 530 valence electrons. The van der Waals surface area contributed by atoms with E-state index in [2.05, 4.69) is 105 Å². The molecule has 0 aliphatic carbocycles. The molecule has 8 aromatic heterocycles. The number of carbonyl (C=O) groups is 2. The van der Waals surface area contributed by atoms with Crippen LogP contribution in [0.4, 0.5) is 17.3 Å². The first-order chi connectivity index (χ1) is 44.0. The maximum absolute atomic E-state index is 12.3. The number of pyridine rings is 3. The molecule has 0 fully saturated rings. The number of allylic oxidation sites excluding steroid dienone is 2. The Morgan fingerprint density at radius 1 is 0.582 bits per heavy atom. The normalized spacial score (nSPS) is 8.85. The summed E-state index contributed by atoms with van der Waals surface area (Å²) in [6.45, 7) is 10.4. The van der Waals surface area contributed by atoms with Crippen molar-refractivity contribution >= 4 is 178 Å². The number of nitrogens with zero attached hydrogens (tertiary/aromatic N) is 13. The molecule has 8 heterocycles. The molecule has 0 saturated heterocycles. The van der Waals surface area contributed by atoms with E-state index in [1.165, 1.54) is 11.8 Å². The van der Waals surface area contributed by atoms with E-state index in [1.807, 2.05) is 45.7 Å². The van der Waals surface area contributed by atoms with Crippen molar-refractivity contribution in [2.75, 3.05) is 23.0 Å². The second-order valence-electron chi connectivity index (χ2n) is 16.1. The summed E-state index contributed by atoms with van der Waals surface area (Å²) in [6.07, 6.45) is 21.3. The number of benzene rings is 1. The number of aryl methyl sites for hydroxylation is 5. The number of hydrogen-bond acceptors (Lipinski definition) is 26. The third-order valence-corrected chi connectivity index (χ3v) is 11.8. The summed E-state index contributed by atoms with van der Waals surface area (Å²) in [5.74, 6) is 1.20. The smallest absolute Gasteiger partial charge is 0.870 e. The van der Waals surface area contributed by atoms with Gasteiger partial charge in [-0.2, -0.15) is 73.4 Å². The average molecular weight is 1550 g/mol. The minimum absolute atomic E-state index is 0. The van der Waals surface area contributed by atoms with Crippen molar-refractivity contribution in [3.05, 3.63) is 147 Å². The number of carbonyl (C=O) groups excluding carboxylic acids is 12. The zero-order valence-corrected chi connectivity index (χ0v) is 60.3. The van der Waals surface area contributed by atoms with Gasteiger partial charge in [0.1, 0.15) is 11.6 Å². The van der Waals surface area contributed by atoms with E-state index in [-0.39, 0.29) is 118 Å². The number of amides is 1. The summed E-state index contributed by atoms with van der Waals surface area (Å²) in [6, 6.07) is 14.0. The molecular formula is C56H68ArCl7LiN17O15P.